The van der Waals surface area contributed by atoms with Gasteiger partial charge in [-0.1, -0.05) is 0 Å². The Balaban J connectivity index is 2.14. The van der Waals surface area contributed by atoms with Gasteiger partial charge in [-0.2, -0.15) is 0 Å². The van der Waals surface area contributed by atoms with Gasteiger partial charge in [-0.3, -0.25) is 0 Å². The maximum atomic E-state index is 10.5. The van der Waals surface area contributed by atoms with E-state index in [4.69, 9.17) is 9.52 Å². The lowest BCUT2D eigenvalue weighted by atomic mass is 10.5. The fourth-order valence-corrected chi connectivity index (χ4v) is 2.36. The molecule has 0 saturated carbocycles. The zero-order valence-corrected chi connectivity index (χ0v) is 8.47. The van der Waals surface area contributed by atoms with Crippen LogP contribution in [-0.2, 0) is 0 Å². The van der Waals surface area contributed by atoms with Crippen LogP contribution in [0.5, 0.6) is 0 Å². The molecule has 2 heterocycles. The topological polar surface area (TPSA) is 63.3 Å². The Morgan fingerprint density at radius 3 is 3.00 bits per heavy atom. The second kappa shape index (κ2) is 3.85. The third-order valence-corrected chi connectivity index (χ3v) is 3.19. The molecule has 0 fully saturated rings. The van der Waals surface area contributed by atoms with Crippen molar-refractivity contribution in [1.29, 1.82) is 0 Å². The molecule has 6 heteroatoms. The number of carboxylic acid groups (broad SMARTS) is 1. The summed E-state index contributed by atoms with van der Waals surface area (Å²) < 4.78 is 5.88. The van der Waals surface area contributed by atoms with Crippen LogP contribution in [-0.4, -0.2) is 16.1 Å². The summed E-state index contributed by atoms with van der Waals surface area (Å²) in [7, 11) is 0. The van der Waals surface area contributed by atoms with Gasteiger partial charge in [0.25, 0.3) is 0 Å². The molecule has 14 heavy (non-hydrogen) atoms. The van der Waals surface area contributed by atoms with Crippen LogP contribution in [0.4, 0.5) is 0 Å². The number of furan rings is 1. The number of carboxylic acids is 1. The van der Waals surface area contributed by atoms with Crippen molar-refractivity contribution in [3.05, 3.63) is 29.5 Å². The molecule has 0 aliphatic heterocycles. The molecule has 0 amide bonds. The molecule has 2 aromatic heterocycles. The Morgan fingerprint density at radius 2 is 2.43 bits per heavy atom. The van der Waals surface area contributed by atoms with Crippen molar-refractivity contribution in [1.82, 2.24) is 4.98 Å². The average Bonchev–Trinajstić information content (AvgIpc) is 2.75. The first-order chi connectivity index (χ1) is 6.75. The minimum atomic E-state index is -1.06. The van der Waals surface area contributed by atoms with Gasteiger partial charge < -0.3 is 9.52 Å². The second-order valence-electron chi connectivity index (χ2n) is 2.32. The van der Waals surface area contributed by atoms with E-state index in [1.54, 1.807) is 12.3 Å². The van der Waals surface area contributed by atoms with Gasteiger partial charge in [-0.05, 0) is 23.9 Å². The number of thiazole rings is 1. The largest absolute Gasteiger partial charge is 0.475 e. The Morgan fingerprint density at radius 1 is 1.57 bits per heavy atom. The number of rotatable bonds is 3. The Hall–Kier alpha value is -1.27. The third-order valence-electron chi connectivity index (χ3n) is 1.39. The summed E-state index contributed by atoms with van der Waals surface area (Å²) in [5.41, 5.74) is 0. The Bertz CT molecular complexity index is 435. The Labute approximate surface area is 87.6 Å². The number of hydrogen-bond donors (Lipinski definition) is 1. The van der Waals surface area contributed by atoms with E-state index in [0.29, 0.717) is 5.09 Å². The molecule has 1 N–H and O–H groups in total. The van der Waals surface area contributed by atoms with Gasteiger partial charge in [-0.15, -0.1) is 11.3 Å². The highest BCUT2D eigenvalue weighted by atomic mass is 32.2. The van der Waals surface area contributed by atoms with E-state index in [1.165, 1.54) is 29.2 Å². The molecule has 4 nitrogen and oxygen atoms in total. The average molecular weight is 227 g/mol. The summed E-state index contributed by atoms with van der Waals surface area (Å²) in [6.07, 6.45) is 1.69. The van der Waals surface area contributed by atoms with Crippen LogP contribution in [0.3, 0.4) is 0 Å². The molecule has 0 spiro atoms. The van der Waals surface area contributed by atoms with Crippen molar-refractivity contribution in [3.8, 4) is 0 Å². The molecule has 2 aromatic rings. The minimum Gasteiger partial charge on any atom is -0.475 e. The van der Waals surface area contributed by atoms with Crippen LogP contribution in [0.25, 0.3) is 0 Å². The van der Waals surface area contributed by atoms with Crippen LogP contribution in [0, 0.1) is 0 Å². The highest BCUT2D eigenvalue weighted by Gasteiger charge is 2.10. The maximum absolute atomic E-state index is 10.5. The maximum Gasteiger partial charge on any atom is 0.371 e. The SMILES string of the molecule is O=C(O)c1ccc(Sc2nccs2)o1. The van der Waals surface area contributed by atoms with Crippen LogP contribution >= 0.6 is 23.1 Å². The number of hydrogen-bond acceptors (Lipinski definition) is 5. The van der Waals surface area contributed by atoms with Gasteiger partial charge in [0.2, 0.25) is 5.76 Å². The lowest BCUT2D eigenvalue weighted by Crippen LogP contribution is -1.91. The zero-order valence-electron chi connectivity index (χ0n) is 6.84. The summed E-state index contributed by atoms with van der Waals surface area (Å²) in [5.74, 6) is -1.11. The molecular weight excluding hydrogens is 222 g/mol. The van der Waals surface area contributed by atoms with E-state index in [2.05, 4.69) is 4.98 Å². The van der Waals surface area contributed by atoms with Crippen molar-refractivity contribution >= 4 is 29.1 Å². The molecule has 0 aliphatic rings. The summed E-state index contributed by atoms with van der Waals surface area (Å²) in [4.78, 5) is 14.5. The fourth-order valence-electron chi connectivity index (χ4n) is 0.837. The molecule has 0 aromatic carbocycles. The first kappa shape index (κ1) is 9.29. The summed E-state index contributed by atoms with van der Waals surface area (Å²) in [6, 6.07) is 3.05. The predicted molar refractivity (Wildman–Crippen MR) is 51.9 cm³/mol. The van der Waals surface area contributed by atoms with E-state index in [9.17, 15) is 4.79 Å². The van der Waals surface area contributed by atoms with Crippen LogP contribution in [0.15, 0.2) is 37.6 Å². The van der Waals surface area contributed by atoms with E-state index >= 15 is 0 Å². The first-order valence-corrected chi connectivity index (χ1v) is 5.36. The number of nitrogens with zero attached hydrogens (tertiary/aromatic N) is 1. The molecule has 0 unspecified atom stereocenters. The van der Waals surface area contributed by atoms with E-state index in [-0.39, 0.29) is 5.76 Å². The highest BCUT2D eigenvalue weighted by molar-refractivity contribution is 8.00. The number of aromatic nitrogens is 1. The van der Waals surface area contributed by atoms with Gasteiger partial charge in [0.05, 0.1) is 0 Å². The lowest BCUT2D eigenvalue weighted by molar-refractivity contribution is 0.0656. The highest BCUT2D eigenvalue weighted by Crippen LogP contribution is 2.30. The lowest BCUT2D eigenvalue weighted by Gasteiger charge is -1.89. The standard InChI is InChI=1S/C8H5NO3S2/c10-7(11)5-1-2-6(12-5)14-8-9-3-4-13-8/h1-4H,(H,10,11). The molecular formula is C8H5NO3S2. The molecule has 0 bridgehead atoms. The smallest absolute Gasteiger partial charge is 0.371 e. The van der Waals surface area contributed by atoms with Crippen molar-refractivity contribution in [2.45, 2.75) is 9.43 Å². The summed E-state index contributed by atoms with van der Waals surface area (Å²) >= 11 is 2.79. The van der Waals surface area contributed by atoms with Gasteiger partial charge in [0, 0.05) is 11.6 Å². The predicted octanol–water partition coefficient (Wildman–Crippen LogP) is 2.59. The van der Waals surface area contributed by atoms with Crippen molar-refractivity contribution in [2.24, 2.45) is 0 Å². The number of aromatic carboxylic acids is 1. The second-order valence-corrected chi connectivity index (χ2v) is 4.47. The van der Waals surface area contributed by atoms with Gasteiger partial charge >= 0.3 is 5.97 Å². The van der Waals surface area contributed by atoms with Crippen LogP contribution in [0.1, 0.15) is 10.6 Å². The third kappa shape index (κ3) is 1.97. The summed E-state index contributed by atoms with van der Waals surface area (Å²) in [5, 5.41) is 11.0. The van der Waals surface area contributed by atoms with Crippen molar-refractivity contribution in [2.75, 3.05) is 0 Å². The fraction of sp³-hybridized carbons (Fsp3) is 0. The quantitative estimate of drug-likeness (QED) is 0.873. The molecule has 72 valence electrons. The number of carbonyl (C=O) groups is 1. The molecule has 0 radical (unpaired) electrons. The van der Waals surface area contributed by atoms with Crippen LogP contribution < -0.4 is 0 Å². The molecule has 0 atom stereocenters. The van der Waals surface area contributed by atoms with Crippen molar-refractivity contribution < 1.29 is 14.3 Å². The zero-order chi connectivity index (χ0) is 9.97. The molecule has 0 saturated heterocycles. The van der Waals surface area contributed by atoms with Gasteiger partial charge in [0.15, 0.2) is 9.43 Å². The minimum absolute atomic E-state index is 0.0518. The van der Waals surface area contributed by atoms with E-state index in [1.807, 2.05) is 5.38 Å². The monoisotopic (exact) mass is 227 g/mol. The van der Waals surface area contributed by atoms with Gasteiger partial charge in [0.1, 0.15) is 0 Å². The molecule has 0 aliphatic carbocycles. The van der Waals surface area contributed by atoms with Crippen LogP contribution in [0.2, 0.25) is 0 Å². The summed E-state index contributed by atoms with van der Waals surface area (Å²) in [6.45, 7) is 0. The first-order valence-electron chi connectivity index (χ1n) is 3.66. The van der Waals surface area contributed by atoms with Crippen molar-refractivity contribution in [3.63, 3.8) is 0 Å². The Kier molecular flexibility index (Phi) is 2.55. The van der Waals surface area contributed by atoms with E-state index in [0.717, 1.165) is 4.34 Å². The van der Waals surface area contributed by atoms with E-state index < -0.39 is 5.97 Å². The van der Waals surface area contributed by atoms with Gasteiger partial charge in [-0.25, -0.2) is 9.78 Å². The molecule has 2 rings (SSSR count). The normalized spacial score (nSPS) is 10.3.